The molecule has 0 atom stereocenters. The fourth-order valence-electron chi connectivity index (χ4n) is 2.56. The van der Waals surface area contributed by atoms with Crippen LogP contribution in [0.1, 0.15) is 24.2 Å². The Bertz CT molecular complexity index is 645. The molecule has 1 aromatic heterocycles. The molecule has 2 aromatic rings. The molecule has 5 heteroatoms. The standard InChI is InChI=1S/C15H17NO4/c1-17-7-11-10-4-13-14(19-8-18-13)5-12(10)20-15(11)6-16-9-2-3-9/h4-5,9,16H,2-3,6-8H2,1H3. The summed E-state index contributed by atoms with van der Waals surface area (Å²) in [7, 11) is 1.70. The molecule has 2 heterocycles. The molecule has 0 amide bonds. The average molecular weight is 275 g/mol. The number of benzene rings is 1. The van der Waals surface area contributed by atoms with Crippen molar-refractivity contribution in [3.8, 4) is 11.5 Å². The van der Waals surface area contributed by atoms with Crippen LogP contribution in [0.3, 0.4) is 0 Å². The summed E-state index contributed by atoms with van der Waals surface area (Å²) in [5.74, 6) is 2.46. The normalized spacial score (nSPS) is 17.1. The molecular formula is C15H17NO4. The lowest BCUT2D eigenvalue weighted by molar-refractivity contribution is 0.174. The number of ether oxygens (including phenoxy) is 3. The molecule has 0 saturated heterocycles. The molecule has 0 unspecified atom stereocenters. The van der Waals surface area contributed by atoms with E-state index in [1.165, 1.54) is 12.8 Å². The van der Waals surface area contributed by atoms with Gasteiger partial charge in [-0.05, 0) is 18.9 Å². The minimum absolute atomic E-state index is 0.275. The molecule has 1 saturated carbocycles. The number of methoxy groups -OCH3 is 1. The molecule has 2 aliphatic rings. The monoisotopic (exact) mass is 275 g/mol. The fraction of sp³-hybridized carbons (Fsp3) is 0.467. The number of hydrogen-bond donors (Lipinski definition) is 1. The summed E-state index contributed by atoms with van der Waals surface area (Å²) in [5.41, 5.74) is 1.92. The van der Waals surface area contributed by atoms with E-state index in [0.29, 0.717) is 12.6 Å². The first-order chi connectivity index (χ1) is 9.85. The van der Waals surface area contributed by atoms with Gasteiger partial charge in [-0.2, -0.15) is 0 Å². The molecule has 20 heavy (non-hydrogen) atoms. The van der Waals surface area contributed by atoms with E-state index in [4.69, 9.17) is 18.6 Å². The van der Waals surface area contributed by atoms with E-state index in [0.717, 1.165) is 40.3 Å². The van der Waals surface area contributed by atoms with Crippen LogP contribution in [0.15, 0.2) is 16.5 Å². The molecule has 1 aliphatic heterocycles. The Kier molecular flexibility index (Phi) is 2.82. The second-order valence-electron chi connectivity index (χ2n) is 5.29. The van der Waals surface area contributed by atoms with Crippen molar-refractivity contribution in [3.05, 3.63) is 23.5 Å². The van der Waals surface area contributed by atoms with E-state index in [-0.39, 0.29) is 6.79 Å². The first kappa shape index (κ1) is 12.1. The lowest BCUT2D eigenvalue weighted by atomic mass is 10.1. The van der Waals surface area contributed by atoms with Gasteiger partial charge in [0.25, 0.3) is 0 Å². The first-order valence-corrected chi connectivity index (χ1v) is 6.91. The third-order valence-corrected chi connectivity index (χ3v) is 3.79. The molecule has 5 nitrogen and oxygen atoms in total. The molecule has 0 spiro atoms. The molecule has 1 aliphatic carbocycles. The van der Waals surface area contributed by atoms with Crippen LogP contribution in [-0.4, -0.2) is 19.9 Å². The lowest BCUT2D eigenvalue weighted by Crippen LogP contribution is -2.15. The average Bonchev–Trinajstić information content (AvgIpc) is 3.07. The first-order valence-electron chi connectivity index (χ1n) is 6.91. The van der Waals surface area contributed by atoms with Gasteiger partial charge in [-0.25, -0.2) is 0 Å². The molecule has 1 aromatic carbocycles. The van der Waals surface area contributed by atoms with Gasteiger partial charge in [0.1, 0.15) is 11.3 Å². The van der Waals surface area contributed by atoms with Crippen molar-refractivity contribution < 1.29 is 18.6 Å². The summed E-state index contributed by atoms with van der Waals surface area (Å²) in [5, 5.41) is 4.52. The molecule has 1 N–H and O–H groups in total. The second-order valence-corrected chi connectivity index (χ2v) is 5.29. The summed E-state index contributed by atoms with van der Waals surface area (Å²) in [6.07, 6.45) is 2.52. The van der Waals surface area contributed by atoms with Crippen molar-refractivity contribution >= 4 is 11.0 Å². The van der Waals surface area contributed by atoms with Crippen LogP contribution >= 0.6 is 0 Å². The topological polar surface area (TPSA) is 52.9 Å². The summed E-state index contributed by atoms with van der Waals surface area (Å²) in [6.45, 7) is 1.55. The minimum Gasteiger partial charge on any atom is -0.459 e. The van der Waals surface area contributed by atoms with E-state index >= 15 is 0 Å². The van der Waals surface area contributed by atoms with Crippen molar-refractivity contribution in [2.45, 2.75) is 32.0 Å². The highest BCUT2D eigenvalue weighted by Crippen LogP contribution is 2.39. The Morgan fingerprint density at radius 2 is 2.05 bits per heavy atom. The maximum absolute atomic E-state index is 5.98. The largest absolute Gasteiger partial charge is 0.459 e. The van der Waals surface area contributed by atoms with Crippen LogP contribution in [0.4, 0.5) is 0 Å². The van der Waals surface area contributed by atoms with Gasteiger partial charge in [-0.3, -0.25) is 0 Å². The van der Waals surface area contributed by atoms with Gasteiger partial charge in [-0.1, -0.05) is 0 Å². The van der Waals surface area contributed by atoms with Crippen LogP contribution in [0.2, 0.25) is 0 Å². The van der Waals surface area contributed by atoms with Crippen LogP contribution in [0, 0.1) is 0 Å². The predicted molar refractivity (Wildman–Crippen MR) is 72.9 cm³/mol. The molecule has 0 radical (unpaired) electrons. The van der Waals surface area contributed by atoms with Crippen LogP contribution < -0.4 is 14.8 Å². The Balaban J connectivity index is 1.74. The Labute approximate surface area is 116 Å². The van der Waals surface area contributed by atoms with E-state index in [1.54, 1.807) is 7.11 Å². The number of furan rings is 1. The van der Waals surface area contributed by atoms with Crippen LogP contribution in [0.25, 0.3) is 11.0 Å². The Hall–Kier alpha value is -1.72. The Morgan fingerprint density at radius 1 is 1.25 bits per heavy atom. The zero-order chi connectivity index (χ0) is 13.5. The van der Waals surface area contributed by atoms with E-state index in [2.05, 4.69) is 5.32 Å². The van der Waals surface area contributed by atoms with Gasteiger partial charge in [0.15, 0.2) is 11.5 Å². The number of hydrogen-bond acceptors (Lipinski definition) is 5. The van der Waals surface area contributed by atoms with Gasteiger partial charge in [0.05, 0.1) is 13.2 Å². The number of nitrogens with one attached hydrogen (secondary N) is 1. The zero-order valence-corrected chi connectivity index (χ0v) is 11.4. The van der Waals surface area contributed by atoms with Crippen molar-refractivity contribution in [2.24, 2.45) is 0 Å². The van der Waals surface area contributed by atoms with E-state index in [1.807, 2.05) is 12.1 Å². The van der Waals surface area contributed by atoms with Crippen LogP contribution in [0.5, 0.6) is 11.5 Å². The smallest absolute Gasteiger partial charge is 0.231 e. The highest BCUT2D eigenvalue weighted by Gasteiger charge is 2.24. The van der Waals surface area contributed by atoms with E-state index in [9.17, 15) is 0 Å². The van der Waals surface area contributed by atoms with Crippen molar-refractivity contribution in [1.29, 1.82) is 0 Å². The molecule has 1 fully saturated rings. The fourth-order valence-corrected chi connectivity index (χ4v) is 2.56. The van der Waals surface area contributed by atoms with Crippen molar-refractivity contribution in [2.75, 3.05) is 13.9 Å². The molecular weight excluding hydrogens is 258 g/mol. The number of rotatable bonds is 5. The van der Waals surface area contributed by atoms with Crippen molar-refractivity contribution in [1.82, 2.24) is 5.32 Å². The maximum atomic E-state index is 5.98. The summed E-state index contributed by atoms with van der Waals surface area (Å²) < 4.78 is 22.1. The van der Waals surface area contributed by atoms with Crippen molar-refractivity contribution in [3.63, 3.8) is 0 Å². The quantitative estimate of drug-likeness (QED) is 0.909. The molecule has 4 rings (SSSR count). The Morgan fingerprint density at radius 3 is 2.80 bits per heavy atom. The highest BCUT2D eigenvalue weighted by atomic mass is 16.7. The SMILES string of the molecule is COCc1c(CNC2CC2)oc2cc3c(cc12)OCO3. The summed E-state index contributed by atoms with van der Waals surface area (Å²) in [6, 6.07) is 4.53. The maximum Gasteiger partial charge on any atom is 0.231 e. The lowest BCUT2D eigenvalue weighted by Gasteiger charge is -2.03. The zero-order valence-electron chi connectivity index (χ0n) is 11.4. The van der Waals surface area contributed by atoms with Gasteiger partial charge >= 0.3 is 0 Å². The van der Waals surface area contributed by atoms with Gasteiger partial charge < -0.3 is 23.9 Å². The minimum atomic E-state index is 0.275. The number of fused-ring (bicyclic) bond motifs is 2. The van der Waals surface area contributed by atoms with Gasteiger partial charge in [0.2, 0.25) is 6.79 Å². The molecule has 0 bridgehead atoms. The highest BCUT2D eigenvalue weighted by molar-refractivity contribution is 5.86. The summed E-state index contributed by atoms with van der Waals surface area (Å²) in [4.78, 5) is 0. The van der Waals surface area contributed by atoms with Gasteiger partial charge in [0, 0.05) is 30.2 Å². The van der Waals surface area contributed by atoms with Gasteiger partial charge in [-0.15, -0.1) is 0 Å². The third-order valence-electron chi connectivity index (χ3n) is 3.79. The predicted octanol–water partition coefficient (Wildman–Crippen LogP) is 2.56. The van der Waals surface area contributed by atoms with Crippen LogP contribution in [-0.2, 0) is 17.9 Å². The van der Waals surface area contributed by atoms with E-state index < -0.39 is 0 Å². The third kappa shape index (κ3) is 2.03. The summed E-state index contributed by atoms with van der Waals surface area (Å²) >= 11 is 0. The molecule has 106 valence electrons. The second kappa shape index (κ2) is 4.68.